The molecule has 0 saturated carbocycles. The molecule has 0 rings (SSSR count). The number of likely N-dealkylation sites (N-methyl/N-ethyl adjacent to an activating group) is 1. The summed E-state index contributed by atoms with van der Waals surface area (Å²) in [5, 5.41) is 0. The van der Waals surface area contributed by atoms with Gasteiger partial charge in [0, 0.05) is 12.8 Å². The molecule has 0 heterocycles. The fourth-order valence-electron chi connectivity index (χ4n) is 5.61. The normalized spacial score (nSPS) is 13.9. The van der Waals surface area contributed by atoms with E-state index in [-0.39, 0.29) is 26.1 Å². The first-order valence-corrected chi connectivity index (χ1v) is 22.6. The molecule has 9 nitrogen and oxygen atoms in total. The number of quaternary nitrogens is 1. The Morgan fingerprint density at radius 3 is 1.52 bits per heavy atom. The van der Waals surface area contributed by atoms with Gasteiger partial charge in [0.1, 0.15) is 19.8 Å². The highest BCUT2D eigenvalue weighted by Gasteiger charge is 2.27. The van der Waals surface area contributed by atoms with Crippen molar-refractivity contribution < 1.29 is 42.1 Å². The van der Waals surface area contributed by atoms with E-state index in [2.05, 4.69) is 32.1 Å². The zero-order valence-corrected chi connectivity index (χ0v) is 35.2. The van der Waals surface area contributed by atoms with E-state index in [4.69, 9.17) is 18.5 Å². The lowest BCUT2D eigenvalue weighted by Gasteiger charge is -2.24. The van der Waals surface area contributed by atoms with Crippen molar-refractivity contribution in [2.24, 2.45) is 0 Å². The largest absolute Gasteiger partial charge is 0.472 e. The third-order valence-electron chi connectivity index (χ3n) is 8.97. The fourth-order valence-corrected chi connectivity index (χ4v) is 6.36. The van der Waals surface area contributed by atoms with Crippen molar-refractivity contribution in [1.82, 2.24) is 0 Å². The van der Waals surface area contributed by atoms with E-state index in [1.807, 2.05) is 27.2 Å². The van der Waals surface area contributed by atoms with Gasteiger partial charge in [-0.15, -0.1) is 0 Å². The number of carbonyl (C=O) groups is 2. The molecule has 2 atom stereocenters. The second kappa shape index (κ2) is 35.2. The van der Waals surface area contributed by atoms with Gasteiger partial charge in [0.25, 0.3) is 0 Å². The summed E-state index contributed by atoms with van der Waals surface area (Å²) in [5.74, 6) is -0.863. The topological polar surface area (TPSA) is 108 Å². The van der Waals surface area contributed by atoms with Crippen molar-refractivity contribution in [3.05, 3.63) is 24.3 Å². The first-order valence-electron chi connectivity index (χ1n) is 21.1. The Morgan fingerprint density at radius 2 is 1.02 bits per heavy atom. The van der Waals surface area contributed by atoms with Crippen molar-refractivity contribution >= 4 is 19.8 Å². The van der Waals surface area contributed by atoms with E-state index >= 15 is 0 Å². The molecule has 0 radical (unpaired) electrons. The molecule has 0 aliphatic carbocycles. The zero-order valence-electron chi connectivity index (χ0n) is 34.3. The van der Waals surface area contributed by atoms with Gasteiger partial charge in [0.2, 0.25) is 0 Å². The molecule has 52 heavy (non-hydrogen) atoms. The van der Waals surface area contributed by atoms with Gasteiger partial charge in [0.15, 0.2) is 6.10 Å². The lowest BCUT2D eigenvalue weighted by Crippen LogP contribution is -2.37. The van der Waals surface area contributed by atoms with Crippen LogP contribution in [0.3, 0.4) is 0 Å². The monoisotopic (exact) mass is 759 g/mol. The van der Waals surface area contributed by atoms with E-state index in [0.29, 0.717) is 23.9 Å². The number of unbranched alkanes of at least 4 members (excludes halogenated alkanes) is 20. The van der Waals surface area contributed by atoms with Gasteiger partial charge < -0.3 is 18.9 Å². The number of hydrogen-bond donors (Lipinski definition) is 1. The minimum atomic E-state index is -4.38. The molecule has 0 aromatic rings. The number of ether oxygens (including phenoxy) is 2. The molecule has 0 amide bonds. The quantitative estimate of drug-likeness (QED) is 0.0218. The SMILES string of the molecule is CCCCCC/C=C/CCCCCCCC(=O)O[C@H](COC(=O)CC/C=C/CCCCCCCCCCCCC)COP(=O)(O)OCC[N+](C)(C)C. The second-order valence-corrected chi connectivity index (χ2v) is 16.8. The van der Waals surface area contributed by atoms with Crippen molar-refractivity contribution in [1.29, 1.82) is 0 Å². The number of rotatable bonds is 38. The molecule has 0 aliphatic heterocycles. The maximum atomic E-state index is 12.6. The van der Waals surface area contributed by atoms with Gasteiger partial charge in [-0.25, -0.2) is 4.57 Å². The Balaban J connectivity index is 4.43. The highest BCUT2D eigenvalue weighted by molar-refractivity contribution is 7.47. The van der Waals surface area contributed by atoms with Crippen LogP contribution in [0.25, 0.3) is 0 Å². The average Bonchev–Trinajstić information content (AvgIpc) is 3.09. The molecule has 0 fully saturated rings. The molecule has 0 aromatic heterocycles. The Bertz CT molecular complexity index is 949. The summed E-state index contributed by atoms with van der Waals surface area (Å²) < 4.78 is 34.2. The van der Waals surface area contributed by atoms with Gasteiger partial charge in [-0.2, -0.15) is 0 Å². The maximum Gasteiger partial charge on any atom is 0.472 e. The molecule has 0 saturated heterocycles. The smallest absolute Gasteiger partial charge is 0.462 e. The van der Waals surface area contributed by atoms with Crippen LogP contribution in [0.1, 0.15) is 181 Å². The van der Waals surface area contributed by atoms with Crippen LogP contribution < -0.4 is 0 Å². The minimum absolute atomic E-state index is 0.0266. The van der Waals surface area contributed by atoms with Gasteiger partial charge in [0.05, 0.1) is 27.7 Å². The predicted molar refractivity (Wildman–Crippen MR) is 215 cm³/mol. The van der Waals surface area contributed by atoms with E-state index in [1.165, 1.54) is 96.3 Å². The van der Waals surface area contributed by atoms with Crippen LogP contribution in [-0.2, 0) is 32.7 Å². The lowest BCUT2D eigenvalue weighted by molar-refractivity contribution is -0.870. The Labute approximate surface area is 319 Å². The molecular weight excluding hydrogens is 677 g/mol. The minimum Gasteiger partial charge on any atom is -0.462 e. The fraction of sp³-hybridized carbons (Fsp3) is 0.857. The van der Waals surface area contributed by atoms with Crippen molar-refractivity contribution in [3.63, 3.8) is 0 Å². The molecular formula is C42H81NO8P+. The van der Waals surface area contributed by atoms with Crippen molar-refractivity contribution in [3.8, 4) is 0 Å². The molecule has 306 valence electrons. The third kappa shape index (κ3) is 38.2. The molecule has 0 aliphatic rings. The number of nitrogens with zero attached hydrogens (tertiary/aromatic N) is 1. The van der Waals surface area contributed by atoms with Crippen LogP contribution in [-0.4, -0.2) is 74.9 Å². The van der Waals surface area contributed by atoms with E-state index in [0.717, 1.165) is 44.9 Å². The van der Waals surface area contributed by atoms with Gasteiger partial charge >= 0.3 is 19.8 Å². The Hall–Kier alpha value is -1.51. The number of allylic oxidation sites excluding steroid dienone is 4. The van der Waals surface area contributed by atoms with E-state index in [9.17, 15) is 19.0 Å². The molecule has 1 N–H and O–H groups in total. The summed E-state index contributed by atoms with van der Waals surface area (Å²) in [5.41, 5.74) is 0. The summed E-state index contributed by atoms with van der Waals surface area (Å²) in [6.07, 6.45) is 36.6. The lowest BCUT2D eigenvalue weighted by atomic mass is 10.1. The number of esters is 2. The third-order valence-corrected chi connectivity index (χ3v) is 9.95. The van der Waals surface area contributed by atoms with Crippen LogP contribution in [0.15, 0.2) is 24.3 Å². The van der Waals surface area contributed by atoms with Crippen LogP contribution in [0.4, 0.5) is 0 Å². The van der Waals surface area contributed by atoms with Gasteiger partial charge in [-0.3, -0.25) is 18.6 Å². The summed E-state index contributed by atoms with van der Waals surface area (Å²) in [4.78, 5) is 35.2. The highest BCUT2D eigenvalue weighted by atomic mass is 31.2. The molecule has 10 heteroatoms. The summed E-state index contributed by atoms with van der Waals surface area (Å²) in [6.45, 7) is 4.35. The molecule has 0 spiro atoms. The van der Waals surface area contributed by atoms with Gasteiger partial charge in [-0.05, 0) is 51.4 Å². The van der Waals surface area contributed by atoms with Crippen LogP contribution in [0.5, 0.6) is 0 Å². The number of phosphoric ester groups is 1. The zero-order chi connectivity index (χ0) is 38.6. The second-order valence-electron chi connectivity index (χ2n) is 15.4. The standard InChI is InChI=1S/C42H80NO8P/c1-6-8-10-12-14-16-18-20-21-23-24-26-28-30-32-34-41(44)48-38-40(39-50-52(46,47)49-37-36-43(3,4)5)51-42(45)35-33-31-29-27-25-22-19-17-15-13-11-9-7-2/h17,19,28,30,40H,6-16,18,20-27,29,31-39H2,1-5H3/p+1/b19-17+,30-28+/t40-/m1/s1. The summed E-state index contributed by atoms with van der Waals surface area (Å²) >= 11 is 0. The van der Waals surface area contributed by atoms with Crippen molar-refractivity contribution in [2.45, 2.75) is 187 Å². The van der Waals surface area contributed by atoms with Crippen LogP contribution >= 0.6 is 7.82 Å². The van der Waals surface area contributed by atoms with Crippen LogP contribution in [0.2, 0.25) is 0 Å². The Morgan fingerprint density at radius 1 is 0.577 bits per heavy atom. The predicted octanol–water partition coefficient (Wildman–Crippen LogP) is 11.6. The highest BCUT2D eigenvalue weighted by Crippen LogP contribution is 2.43. The Kier molecular flexibility index (Phi) is 34.2. The maximum absolute atomic E-state index is 12.6. The van der Waals surface area contributed by atoms with Crippen LogP contribution in [0, 0.1) is 0 Å². The molecule has 1 unspecified atom stereocenters. The number of hydrogen-bond acceptors (Lipinski definition) is 7. The van der Waals surface area contributed by atoms with E-state index < -0.39 is 32.5 Å². The van der Waals surface area contributed by atoms with Gasteiger partial charge in [-0.1, -0.05) is 141 Å². The summed E-state index contributed by atoms with van der Waals surface area (Å²) in [6, 6.07) is 0. The first kappa shape index (κ1) is 50.5. The number of phosphoric acid groups is 1. The van der Waals surface area contributed by atoms with Crippen molar-refractivity contribution in [2.75, 3.05) is 47.5 Å². The average molecular weight is 759 g/mol. The first-order chi connectivity index (χ1) is 25.0. The summed E-state index contributed by atoms with van der Waals surface area (Å²) in [7, 11) is 1.46. The molecule has 0 aromatic carbocycles. The number of carbonyl (C=O) groups excluding carboxylic acids is 2. The molecule has 0 bridgehead atoms. The van der Waals surface area contributed by atoms with E-state index in [1.54, 1.807) is 0 Å².